The topological polar surface area (TPSA) is 21.7 Å². The van der Waals surface area contributed by atoms with Crippen LogP contribution in [-0.4, -0.2) is 24.8 Å². The summed E-state index contributed by atoms with van der Waals surface area (Å²) in [6, 6.07) is 7.05. The second kappa shape index (κ2) is 6.91. The summed E-state index contributed by atoms with van der Waals surface area (Å²) in [5.41, 5.74) is 1.32. The molecule has 122 valence electrons. The highest BCUT2D eigenvalue weighted by Gasteiger charge is 2.24. The Morgan fingerprint density at radius 2 is 1.82 bits per heavy atom. The van der Waals surface area contributed by atoms with Gasteiger partial charge in [-0.1, -0.05) is 19.9 Å². The molecule has 0 bridgehead atoms. The fourth-order valence-electron chi connectivity index (χ4n) is 3.94. The van der Waals surface area contributed by atoms with Gasteiger partial charge in [0, 0.05) is 12.6 Å². The van der Waals surface area contributed by atoms with E-state index >= 15 is 0 Å². The maximum absolute atomic E-state index is 5.48. The van der Waals surface area contributed by atoms with Gasteiger partial charge in [-0.05, 0) is 68.7 Å². The number of fused-ring (bicyclic) bond motifs is 1. The normalized spacial score (nSPS) is 24.2. The molecule has 0 spiro atoms. The van der Waals surface area contributed by atoms with Gasteiger partial charge < -0.3 is 9.47 Å². The standard InChI is InChI=1S/C19H29NO2/c1-14(2)10-15-4-7-17(8-5-15)20(3)12-16-6-9-18-19(11-16)22-13-21-18/h6,9,11,14-15,17H,4-5,7-8,10,12-13H2,1-3H3. The number of rotatable bonds is 5. The van der Waals surface area contributed by atoms with Gasteiger partial charge in [-0.2, -0.15) is 0 Å². The van der Waals surface area contributed by atoms with Crippen LogP contribution in [0.1, 0.15) is 51.5 Å². The molecule has 1 aromatic carbocycles. The van der Waals surface area contributed by atoms with Gasteiger partial charge in [0.05, 0.1) is 0 Å². The van der Waals surface area contributed by atoms with Crippen molar-refractivity contribution in [3.8, 4) is 11.5 Å². The van der Waals surface area contributed by atoms with Crippen molar-refractivity contribution in [2.24, 2.45) is 11.8 Å². The zero-order valence-electron chi connectivity index (χ0n) is 14.2. The Balaban J connectivity index is 1.51. The minimum Gasteiger partial charge on any atom is -0.454 e. The Bertz CT molecular complexity index is 492. The van der Waals surface area contributed by atoms with Crippen LogP contribution in [0.25, 0.3) is 0 Å². The summed E-state index contributed by atoms with van der Waals surface area (Å²) < 4.78 is 10.9. The molecule has 0 atom stereocenters. The van der Waals surface area contributed by atoms with Gasteiger partial charge in [0.15, 0.2) is 11.5 Å². The van der Waals surface area contributed by atoms with E-state index in [0.717, 1.165) is 35.9 Å². The highest BCUT2D eigenvalue weighted by Crippen LogP contribution is 2.34. The molecule has 3 heteroatoms. The molecule has 3 nitrogen and oxygen atoms in total. The third-order valence-corrected chi connectivity index (χ3v) is 5.11. The van der Waals surface area contributed by atoms with Crippen molar-refractivity contribution in [3.05, 3.63) is 23.8 Å². The fourth-order valence-corrected chi connectivity index (χ4v) is 3.94. The number of hydrogen-bond donors (Lipinski definition) is 0. The lowest BCUT2D eigenvalue weighted by Gasteiger charge is -2.35. The average Bonchev–Trinajstić information content (AvgIpc) is 2.95. The zero-order chi connectivity index (χ0) is 15.5. The van der Waals surface area contributed by atoms with Gasteiger partial charge in [-0.15, -0.1) is 0 Å². The monoisotopic (exact) mass is 303 g/mol. The largest absolute Gasteiger partial charge is 0.454 e. The first kappa shape index (κ1) is 15.7. The van der Waals surface area contributed by atoms with Crippen molar-refractivity contribution in [1.29, 1.82) is 0 Å². The Morgan fingerprint density at radius 3 is 2.55 bits per heavy atom. The van der Waals surface area contributed by atoms with E-state index in [1.54, 1.807) is 0 Å². The average molecular weight is 303 g/mol. The lowest BCUT2D eigenvalue weighted by molar-refractivity contribution is 0.150. The summed E-state index contributed by atoms with van der Waals surface area (Å²) in [5, 5.41) is 0. The Morgan fingerprint density at radius 1 is 1.09 bits per heavy atom. The van der Waals surface area contributed by atoms with Crippen molar-refractivity contribution < 1.29 is 9.47 Å². The van der Waals surface area contributed by atoms with Crippen LogP contribution in [-0.2, 0) is 6.54 Å². The number of ether oxygens (including phenoxy) is 2. The number of hydrogen-bond acceptors (Lipinski definition) is 3. The summed E-state index contributed by atoms with van der Waals surface area (Å²) in [4.78, 5) is 2.52. The highest BCUT2D eigenvalue weighted by molar-refractivity contribution is 5.44. The molecule has 0 radical (unpaired) electrons. The minimum absolute atomic E-state index is 0.356. The molecule has 0 aromatic heterocycles. The van der Waals surface area contributed by atoms with E-state index in [1.807, 2.05) is 6.07 Å². The van der Waals surface area contributed by atoms with E-state index in [2.05, 4.69) is 37.9 Å². The van der Waals surface area contributed by atoms with Crippen molar-refractivity contribution in [3.63, 3.8) is 0 Å². The van der Waals surface area contributed by atoms with Crippen LogP contribution in [0.2, 0.25) is 0 Å². The van der Waals surface area contributed by atoms with Crippen molar-refractivity contribution in [2.45, 2.75) is 58.5 Å². The third-order valence-electron chi connectivity index (χ3n) is 5.11. The van der Waals surface area contributed by atoms with E-state index in [9.17, 15) is 0 Å². The Labute approximate surface area is 134 Å². The smallest absolute Gasteiger partial charge is 0.231 e. The lowest BCUT2D eigenvalue weighted by atomic mass is 9.81. The van der Waals surface area contributed by atoms with E-state index < -0.39 is 0 Å². The van der Waals surface area contributed by atoms with Crippen LogP contribution >= 0.6 is 0 Å². The number of nitrogens with zero attached hydrogens (tertiary/aromatic N) is 1. The van der Waals surface area contributed by atoms with Gasteiger partial charge in [0.25, 0.3) is 0 Å². The van der Waals surface area contributed by atoms with E-state index in [4.69, 9.17) is 9.47 Å². The first-order chi connectivity index (χ1) is 10.6. The van der Waals surface area contributed by atoms with Gasteiger partial charge in [-0.25, -0.2) is 0 Å². The van der Waals surface area contributed by atoms with Gasteiger partial charge in [-0.3, -0.25) is 4.90 Å². The van der Waals surface area contributed by atoms with E-state index in [0.29, 0.717) is 6.79 Å². The first-order valence-electron chi connectivity index (χ1n) is 8.70. The molecule has 1 fully saturated rings. The molecular formula is C19H29NO2. The van der Waals surface area contributed by atoms with Crippen molar-refractivity contribution in [2.75, 3.05) is 13.8 Å². The Kier molecular flexibility index (Phi) is 4.92. The summed E-state index contributed by atoms with van der Waals surface area (Å²) >= 11 is 0. The maximum Gasteiger partial charge on any atom is 0.231 e. The molecule has 1 aliphatic heterocycles. The minimum atomic E-state index is 0.356. The van der Waals surface area contributed by atoms with Crippen molar-refractivity contribution >= 4 is 0 Å². The highest BCUT2D eigenvalue weighted by atomic mass is 16.7. The summed E-state index contributed by atoms with van der Waals surface area (Å²) in [7, 11) is 2.26. The van der Waals surface area contributed by atoms with Crippen molar-refractivity contribution in [1.82, 2.24) is 4.90 Å². The molecule has 0 amide bonds. The van der Waals surface area contributed by atoms with Crippen LogP contribution in [0.5, 0.6) is 11.5 Å². The molecule has 22 heavy (non-hydrogen) atoms. The van der Waals surface area contributed by atoms with Crippen LogP contribution < -0.4 is 9.47 Å². The summed E-state index contributed by atoms with van der Waals surface area (Å²) in [6.45, 7) is 6.04. The second-order valence-electron chi connectivity index (χ2n) is 7.41. The summed E-state index contributed by atoms with van der Waals surface area (Å²) in [6.07, 6.45) is 6.89. The lowest BCUT2D eigenvalue weighted by Crippen LogP contribution is -2.34. The van der Waals surface area contributed by atoms with E-state index in [1.165, 1.54) is 37.7 Å². The molecule has 3 rings (SSSR count). The third kappa shape index (κ3) is 3.75. The van der Waals surface area contributed by atoms with Crippen LogP contribution in [0.15, 0.2) is 18.2 Å². The quantitative estimate of drug-likeness (QED) is 0.802. The molecule has 1 aliphatic carbocycles. The molecule has 0 unspecified atom stereocenters. The number of benzene rings is 1. The molecular weight excluding hydrogens is 274 g/mol. The predicted octanol–water partition coefficient (Wildman–Crippen LogP) is 4.45. The summed E-state index contributed by atoms with van der Waals surface area (Å²) in [5.74, 6) is 3.57. The second-order valence-corrected chi connectivity index (χ2v) is 7.41. The molecule has 0 N–H and O–H groups in total. The molecule has 2 aliphatic rings. The van der Waals surface area contributed by atoms with Crippen LogP contribution in [0.3, 0.4) is 0 Å². The molecule has 0 saturated heterocycles. The predicted molar refractivity (Wildman–Crippen MR) is 89.2 cm³/mol. The van der Waals surface area contributed by atoms with Crippen LogP contribution in [0.4, 0.5) is 0 Å². The zero-order valence-corrected chi connectivity index (χ0v) is 14.2. The van der Waals surface area contributed by atoms with E-state index in [-0.39, 0.29) is 0 Å². The molecule has 1 aromatic rings. The van der Waals surface area contributed by atoms with Crippen LogP contribution in [0, 0.1) is 11.8 Å². The maximum atomic E-state index is 5.48. The molecule has 1 saturated carbocycles. The van der Waals surface area contributed by atoms with Gasteiger partial charge in [0.1, 0.15) is 0 Å². The van der Waals surface area contributed by atoms with Gasteiger partial charge >= 0.3 is 0 Å². The fraction of sp³-hybridized carbons (Fsp3) is 0.684. The Hall–Kier alpha value is -1.22. The molecule has 1 heterocycles. The van der Waals surface area contributed by atoms with Gasteiger partial charge in [0.2, 0.25) is 6.79 Å². The SMILES string of the molecule is CC(C)CC1CCC(N(C)Cc2ccc3c(c2)OCO3)CC1. The first-order valence-corrected chi connectivity index (χ1v) is 8.70.